The van der Waals surface area contributed by atoms with Crippen LogP contribution in [0.4, 0.5) is 20.2 Å². The lowest BCUT2D eigenvalue weighted by Gasteiger charge is -2.08. The Morgan fingerprint density at radius 2 is 1.96 bits per heavy atom. The number of nitrogens with one attached hydrogen (secondary N) is 2. The first-order valence-electron chi connectivity index (χ1n) is 7.03. The Morgan fingerprint density at radius 1 is 1.23 bits per heavy atom. The predicted octanol–water partition coefficient (Wildman–Crippen LogP) is 3.62. The number of anilines is 1. The van der Waals surface area contributed by atoms with Crippen molar-refractivity contribution in [1.29, 1.82) is 0 Å². The number of rotatable bonds is 3. The standard InChI is InChI=1S/C16H8ClF2N3O4/c17-10-5-8(22(25)26)1-2-12(10)21-16(24)9-6-20-13-4-7(18)3-11(19)14(13)15(9)23/h1-6H,(H,20,23)(H,21,24). The van der Waals surface area contributed by atoms with E-state index < -0.39 is 38.8 Å². The number of non-ortho nitro benzene ring substituents is 1. The van der Waals surface area contributed by atoms with Crippen LogP contribution in [0.3, 0.4) is 0 Å². The topological polar surface area (TPSA) is 105 Å². The van der Waals surface area contributed by atoms with Gasteiger partial charge in [0.25, 0.3) is 11.6 Å². The van der Waals surface area contributed by atoms with Gasteiger partial charge in [0, 0.05) is 24.4 Å². The molecule has 0 radical (unpaired) electrons. The van der Waals surface area contributed by atoms with Gasteiger partial charge in [0.2, 0.25) is 5.43 Å². The van der Waals surface area contributed by atoms with Crippen molar-refractivity contribution < 1.29 is 18.5 Å². The minimum atomic E-state index is -1.11. The van der Waals surface area contributed by atoms with E-state index in [4.69, 9.17) is 11.6 Å². The Hall–Kier alpha value is -3.33. The Labute approximate surface area is 148 Å². The van der Waals surface area contributed by atoms with Crippen LogP contribution in [-0.4, -0.2) is 15.8 Å². The number of H-pyrrole nitrogens is 1. The Morgan fingerprint density at radius 3 is 2.62 bits per heavy atom. The maximum absolute atomic E-state index is 13.9. The summed E-state index contributed by atoms with van der Waals surface area (Å²) < 4.78 is 27.1. The molecule has 0 atom stereocenters. The van der Waals surface area contributed by atoms with Gasteiger partial charge in [0.1, 0.15) is 17.2 Å². The molecule has 2 aromatic carbocycles. The number of nitro groups is 1. The molecule has 0 bridgehead atoms. The lowest BCUT2D eigenvalue weighted by Crippen LogP contribution is -2.22. The fourth-order valence-corrected chi connectivity index (χ4v) is 2.57. The molecule has 0 aliphatic rings. The first-order chi connectivity index (χ1) is 12.3. The minimum absolute atomic E-state index is 0.0290. The highest BCUT2D eigenvalue weighted by molar-refractivity contribution is 6.34. The van der Waals surface area contributed by atoms with Crippen LogP contribution in [0.1, 0.15) is 10.4 Å². The number of carbonyl (C=O) groups excluding carboxylic acids is 1. The van der Waals surface area contributed by atoms with E-state index in [0.29, 0.717) is 6.07 Å². The molecule has 10 heteroatoms. The van der Waals surface area contributed by atoms with E-state index in [9.17, 15) is 28.5 Å². The summed E-state index contributed by atoms with van der Waals surface area (Å²) in [4.78, 5) is 37.2. The number of nitro benzene ring substituents is 1. The second kappa shape index (κ2) is 6.52. The van der Waals surface area contributed by atoms with Gasteiger partial charge in [-0.15, -0.1) is 0 Å². The molecule has 3 rings (SSSR count). The number of benzene rings is 2. The number of carbonyl (C=O) groups is 1. The maximum Gasteiger partial charge on any atom is 0.271 e. The van der Waals surface area contributed by atoms with Crippen LogP contribution in [0.2, 0.25) is 5.02 Å². The molecular formula is C16H8ClF2N3O4. The highest BCUT2D eigenvalue weighted by atomic mass is 35.5. The summed E-state index contributed by atoms with van der Waals surface area (Å²) in [6.07, 6.45) is 1.01. The number of amides is 1. The highest BCUT2D eigenvalue weighted by Gasteiger charge is 2.18. The van der Waals surface area contributed by atoms with Gasteiger partial charge in [-0.2, -0.15) is 0 Å². The van der Waals surface area contributed by atoms with E-state index in [2.05, 4.69) is 10.3 Å². The lowest BCUT2D eigenvalue weighted by atomic mass is 10.1. The molecular weight excluding hydrogens is 372 g/mol. The maximum atomic E-state index is 13.9. The van der Waals surface area contributed by atoms with Crippen LogP contribution in [0.25, 0.3) is 10.9 Å². The lowest BCUT2D eigenvalue weighted by molar-refractivity contribution is -0.384. The molecule has 3 aromatic rings. The second-order valence-electron chi connectivity index (χ2n) is 5.22. The van der Waals surface area contributed by atoms with Gasteiger partial charge >= 0.3 is 0 Å². The SMILES string of the molecule is O=C(Nc1ccc([N+](=O)[O-])cc1Cl)c1c[nH]c2cc(F)cc(F)c2c1=O. The van der Waals surface area contributed by atoms with Crippen molar-refractivity contribution in [1.82, 2.24) is 4.98 Å². The van der Waals surface area contributed by atoms with Crippen molar-refractivity contribution in [2.45, 2.75) is 0 Å². The van der Waals surface area contributed by atoms with Crippen LogP contribution in [-0.2, 0) is 0 Å². The highest BCUT2D eigenvalue weighted by Crippen LogP contribution is 2.27. The normalized spacial score (nSPS) is 10.7. The summed E-state index contributed by atoms with van der Waals surface area (Å²) >= 11 is 5.88. The largest absolute Gasteiger partial charge is 0.360 e. The van der Waals surface area contributed by atoms with Crippen LogP contribution in [0.5, 0.6) is 0 Å². The summed E-state index contributed by atoms with van der Waals surface area (Å²) in [5.74, 6) is -2.89. The number of nitrogens with zero attached hydrogens (tertiary/aromatic N) is 1. The first-order valence-corrected chi connectivity index (χ1v) is 7.41. The van der Waals surface area contributed by atoms with Gasteiger partial charge in [-0.3, -0.25) is 19.7 Å². The molecule has 7 nitrogen and oxygen atoms in total. The van der Waals surface area contributed by atoms with Gasteiger partial charge in [-0.05, 0) is 12.1 Å². The zero-order valence-electron chi connectivity index (χ0n) is 12.7. The van der Waals surface area contributed by atoms with E-state index in [0.717, 1.165) is 24.4 Å². The van der Waals surface area contributed by atoms with Crippen LogP contribution in [0, 0.1) is 21.7 Å². The molecule has 0 saturated carbocycles. The smallest absolute Gasteiger partial charge is 0.271 e. The van der Waals surface area contributed by atoms with Crippen molar-refractivity contribution in [2.24, 2.45) is 0 Å². The number of hydrogen-bond acceptors (Lipinski definition) is 4. The number of fused-ring (bicyclic) bond motifs is 1. The van der Waals surface area contributed by atoms with E-state index >= 15 is 0 Å². The molecule has 0 aliphatic carbocycles. The van der Waals surface area contributed by atoms with Crippen molar-refractivity contribution in [3.05, 3.63) is 79.1 Å². The zero-order valence-corrected chi connectivity index (χ0v) is 13.4. The monoisotopic (exact) mass is 379 g/mol. The predicted molar refractivity (Wildman–Crippen MR) is 90.5 cm³/mol. The Kier molecular flexibility index (Phi) is 4.39. The first kappa shape index (κ1) is 17.5. The Bertz CT molecular complexity index is 1130. The molecule has 1 amide bonds. The summed E-state index contributed by atoms with van der Waals surface area (Å²) in [5, 5.41) is 12.4. The summed E-state index contributed by atoms with van der Waals surface area (Å²) in [7, 11) is 0. The van der Waals surface area contributed by atoms with Crippen LogP contribution < -0.4 is 10.7 Å². The molecule has 26 heavy (non-hydrogen) atoms. The zero-order chi connectivity index (χ0) is 19.0. The number of pyridine rings is 1. The number of aromatic amines is 1. The molecule has 0 spiro atoms. The van der Waals surface area contributed by atoms with Gasteiger partial charge < -0.3 is 10.3 Å². The third kappa shape index (κ3) is 3.11. The third-order valence-electron chi connectivity index (χ3n) is 3.56. The minimum Gasteiger partial charge on any atom is -0.360 e. The van der Waals surface area contributed by atoms with E-state index in [-0.39, 0.29) is 21.9 Å². The number of hydrogen-bond donors (Lipinski definition) is 2. The average molecular weight is 380 g/mol. The summed E-state index contributed by atoms with van der Waals surface area (Å²) in [6.45, 7) is 0. The van der Waals surface area contributed by atoms with Gasteiger partial charge in [-0.1, -0.05) is 11.6 Å². The van der Waals surface area contributed by atoms with Crippen molar-refractivity contribution in [3.63, 3.8) is 0 Å². The fourth-order valence-electron chi connectivity index (χ4n) is 2.35. The van der Waals surface area contributed by atoms with Gasteiger partial charge in [0.15, 0.2) is 0 Å². The quantitative estimate of drug-likeness (QED) is 0.535. The van der Waals surface area contributed by atoms with Crippen molar-refractivity contribution in [2.75, 3.05) is 5.32 Å². The van der Waals surface area contributed by atoms with Crippen molar-refractivity contribution in [3.8, 4) is 0 Å². The third-order valence-corrected chi connectivity index (χ3v) is 3.87. The Balaban J connectivity index is 2.00. The van der Waals surface area contributed by atoms with Crippen molar-refractivity contribution >= 4 is 39.8 Å². The molecule has 132 valence electrons. The van der Waals surface area contributed by atoms with Gasteiger partial charge in [0.05, 0.1) is 26.5 Å². The van der Waals surface area contributed by atoms with E-state index in [1.54, 1.807) is 0 Å². The fraction of sp³-hybridized carbons (Fsp3) is 0. The molecule has 0 fully saturated rings. The molecule has 0 aliphatic heterocycles. The van der Waals surface area contributed by atoms with E-state index in [1.165, 1.54) is 6.07 Å². The molecule has 2 N–H and O–H groups in total. The van der Waals surface area contributed by atoms with Gasteiger partial charge in [-0.25, -0.2) is 8.78 Å². The van der Waals surface area contributed by atoms with Crippen LogP contribution in [0.15, 0.2) is 41.3 Å². The van der Waals surface area contributed by atoms with Crippen LogP contribution >= 0.6 is 11.6 Å². The summed E-state index contributed by atoms with van der Waals surface area (Å²) in [6, 6.07) is 4.81. The molecule has 1 heterocycles. The molecule has 0 unspecified atom stereocenters. The average Bonchev–Trinajstić information content (AvgIpc) is 2.55. The molecule has 0 saturated heterocycles. The summed E-state index contributed by atoms with van der Waals surface area (Å²) in [5.41, 5.74) is -1.72. The van der Waals surface area contributed by atoms with E-state index in [1.807, 2.05) is 0 Å². The second-order valence-corrected chi connectivity index (χ2v) is 5.62. The number of aromatic nitrogens is 1. The molecule has 1 aromatic heterocycles. The number of halogens is 3.